The molecule has 1 N–H and O–H groups in total. The van der Waals surface area contributed by atoms with Crippen molar-refractivity contribution in [3.63, 3.8) is 0 Å². The first kappa shape index (κ1) is 24.7. The summed E-state index contributed by atoms with van der Waals surface area (Å²) in [5.74, 6) is -1.27. The van der Waals surface area contributed by atoms with Crippen LogP contribution in [-0.2, 0) is 16.2 Å². The van der Waals surface area contributed by atoms with Crippen LogP contribution in [0, 0.1) is 6.92 Å². The molecule has 1 aromatic carbocycles. The third kappa shape index (κ3) is 5.73. The lowest BCUT2D eigenvalue weighted by Gasteiger charge is -2.08. The molecule has 0 aliphatic rings. The van der Waals surface area contributed by atoms with Gasteiger partial charge in [0.2, 0.25) is 0 Å². The van der Waals surface area contributed by atoms with Crippen molar-refractivity contribution in [3.05, 3.63) is 61.7 Å². The maximum atomic E-state index is 12.8. The number of hydrogen-bond donors (Lipinski definition) is 1. The number of thiophene rings is 1. The summed E-state index contributed by atoms with van der Waals surface area (Å²) in [6, 6.07) is 6.60. The van der Waals surface area contributed by atoms with Gasteiger partial charge in [-0.3, -0.25) is 4.79 Å². The normalized spacial score (nSPS) is 10.6. The Bertz CT molecular complexity index is 1210. The number of rotatable bonds is 8. The van der Waals surface area contributed by atoms with Crippen LogP contribution in [-0.4, -0.2) is 41.3 Å². The van der Waals surface area contributed by atoms with E-state index in [4.69, 9.17) is 25.8 Å². The van der Waals surface area contributed by atoms with E-state index in [9.17, 15) is 14.4 Å². The van der Waals surface area contributed by atoms with Crippen LogP contribution in [0.5, 0.6) is 5.75 Å². The number of carbonyl (C=O) groups is 3. The highest BCUT2D eigenvalue weighted by Gasteiger charge is 2.27. The van der Waals surface area contributed by atoms with Crippen molar-refractivity contribution in [3.8, 4) is 5.75 Å². The maximum absolute atomic E-state index is 12.8. The highest BCUT2D eigenvalue weighted by Crippen LogP contribution is 2.34. The summed E-state index contributed by atoms with van der Waals surface area (Å²) in [6.45, 7) is 3.49. The molecule has 1 amide bonds. The Hall–Kier alpha value is -2.89. The summed E-state index contributed by atoms with van der Waals surface area (Å²) in [4.78, 5) is 37.5. The van der Waals surface area contributed by atoms with Gasteiger partial charge >= 0.3 is 11.9 Å². The number of halogens is 2. The van der Waals surface area contributed by atoms with Crippen LogP contribution < -0.4 is 10.1 Å². The van der Waals surface area contributed by atoms with Gasteiger partial charge in [-0.05, 0) is 59.6 Å². The summed E-state index contributed by atoms with van der Waals surface area (Å²) >= 11 is 10.2. The largest absolute Gasteiger partial charge is 0.470 e. The Morgan fingerprint density at radius 3 is 2.67 bits per heavy atom. The van der Waals surface area contributed by atoms with Crippen LogP contribution in [0.3, 0.4) is 0 Å². The summed E-state index contributed by atoms with van der Waals surface area (Å²) in [7, 11) is 1.22. The van der Waals surface area contributed by atoms with Gasteiger partial charge in [-0.15, -0.1) is 11.3 Å². The molecule has 33 heavy (non-hydrogen) atoms. The minimum absolute atomic E-state index is 0.0477. The topological polar surface area (TPSA) is 109 Å². The number of ether oxygens (including phenoxy) is 3. The molecule has 0 fully saturated rings. The highest BCUT2D eigenvalue weighted by atomic mass is 79.9. The Morgan fingerprint density at radius 2 is 2.00 bits per heavy atom. The van der Waals surface area contributed by atoms with Gasteiger partial charge in [0.05, 0.1) is 23.8 Å². The fourth-order valence-corrected chi connectivity index (χ4v) is 4.67. The van der Waals surface area contributed by atoms with Crippen LogP contribution in [0.25, 0.3) is 0 Å². The third-order valence-corrected chi connectivity index (χ3v) is 6.39. The Kier molecular flexibility index (Phi) is 8.11. The second-order valence-corrected chi connectivity index (χ2v) is 8.83. The molecule has 174 valence electrons. The van der Waals surface area contributed by atoms with Crippen LogP contribution in [0.2, 0.25) is 5.02 Å². The molecule has 2 heterocycles. The number of esters is 2. The van der Waals surface area contributed by atoms with E-state index in [0.29, 0.717) is 20.8 Å². The first-order valence-corrected chi connectivity index (χ1v) is 11.5. The lowest BCUT2D eigenvalue weighted by Crippen LogP contribution is -2.16. The van der Waals surface area contributed by atoms with E-state index in [1.807, 2.05) is 0 Å². The molecular formula is C21H19BrClN3O6S. The van der Waals surface area contributed by atoms with E-state index in [0.717, 1.165) is 11.3 Å². The number of carbonyl (C=O) groups excluding carboxylic acids is 3. The molecule has 0 atom stereocenters. The fraction of sp³-hybridized carbons (Fsp3) is 0.238. The van der Waals surface area contributed by atoms with Gasteiger partial charge in [0, 0.05) is 11.2 Å². The fourth-order valence-electron chi connectivity index (χ4n) is 2.79. The SMILES string of the molecule is CCOC(=O)c1sc(NC(=O)c2ccn(COc3ccc(Cl)cc3Br)n2)c(C(=O)OC)c1C. The summed E-state index contributed by atoms with van der Waals surface area (Å²) < 4.78 is 17.6. The molecule has 0 saturated heterocycles. The van der Waals surface area contributed by atoms with E-state index < -0.39 is 17.8 Å². The first-order chi connectivity index (χ1) is 15.7. The second-order valence-electron chi connectivity index (χ2n) is 6.52. The summed E-state index contributed by atoms with van der Waals surface area (Å²) in [6.07, 6.45) is 1.57. The number of nitrogens with one attached hydrogen (secondary N) is 1. The summed E-state index contributed by atoms with van der Waals surface area (Å²) in [5.41, 5.74) is 0.552. The minimum atomic E-state index is -0.679. The Morgan fingerprint density at radius 1 is 1.24 bits per heavy atom. The monoisotopic (exact) mass is 555 g/mol. The third-order valence-electron chi connectivity index (χ3n) is 4.34. The predicted molar refractivity (Wildman–Crippen MR) is 126 cm³/mol. The van der Waals surface area contributed by atoms with Gasteiger partial charge in [0.1, 0.15) is 15.6 Å². The number of methoxy groups -OCH3 is 1. The number of nitrogens with zero attached hydrogens (tertiary/aromatic N) is 2. The van der Waals surface area contributed by atoms with Crippen molar-refractivity contribution in [2.24, 2.45) is 0 Å². The van der Waals surface area contributed by atoms with Crippen molar-refractivity contribution >= 4 is 61.7 Å². The molecule has 0 radical (unpaired) electrons. The van der Waals surface area contributed by atoms with Crippen molar-refractivity contribution in [1.82, 2.24) is 9.78 Å². The van der Waals surface area contributed by atoms with Gasteiger partial charge < -0.3 is 19.5 Å². The van der Waals surface area contributed by atoms with E-state index in [1.54, 1.807) is 38.2 Å². The Labute approximate surface area is 206 Å². The average molecular weight is 557 g/mol. The van der Waals surface area contributed by atoms with E-state index in [-0.39, 0.29) is 34.5 Å². The van der Waals surface area contributed by atoms with Crippen molar-refractivity contribution in [1.29, 1.82) is 0 Å². The number of anilines is 1. The number of benzene rings is 1. The van der Waals surface area contributed by atoms with Crippen LogP contribution >= 0.6 is 38.9 Å². The van der Waals surface area contributed by atoms with Gasteiger partial charge in [-0.2, -0.15) is 5.10 Å². The highest BCUT2D eigenvalue weighted by molar-refractivity contribution is 9.10. The van der Waals surface area contributed by atoms with Gasteiger partial charge in [-0.1, -0.05) is 11.6 Å². The zero-order valence-corrected chi connectivity index (χ0v) is 21.0. The van der Waals surface area contributed by atoms with Gasteiger partial charge in [-0.25, -0.2) is 14.3 Å². The molecule has 3 aromatic rings. The molecule has 0 bridgehead atoms. The molecule has 0 aliphatic heterocycles. The molecule has 9 nitrogen and oxygen atoms in total. The minimum Gasteiger partial charge on any atom is -0.470 e. The lowest BCUT2D eigenvalue weighted by atomic mass is 10.1. The maximum Gasteiger partial charge on any atom is 0.348 e. The Balaban J connectivity index is 1.76. The molecular weight excluding hydrogens is 538 g/mol. The number of hydrogen-bond acceptors (Lipinski definition) is 8. The van der Waals surface area contributed by atoms with Crippen LogP contribution in [0.4, 0.5) is 5.00 Å². The van der Waals surface area contributed by atoms with Crippen LogP contribution in [0.1, 0.15) is 43.0 Å². The summed E-state index contributed by atoms with van der Waals surface area (Å²) in [5, 5.41) is 7.56. The molecule has 2 aromatic heterocycles. The first-order valence-electron chi connectivity index (χ1n) is 9.56. The lowest BCUT2D eigenvalue weighted by molar-refractivity contribution is 0.0531. The van der Waals surface area contributed by atoms with Crippen molar-refractivity contribution in [2.45, 2.75) is 20.6 Å². The van der Waals surface area contributed by atoms with E-state index in [2.05, 4.69) is 26.3 Å². The van der Waals surface area contributed by atoms with E-state index in [1.165, 1.54) is 17.9 Å². The second kappa shape index (κ2) is 10.8. The predicted octanol–water partition coefficient (Wildman–Crippen LogP) is 4.92. The quantitative estimate of drug-likeness (QED) is 0.392. The zero-order valence-electron chi connectivity index (χ0n) is 17.8. The molecule has 0 unspecified atom stereocenters. The average Bonchev–Trinajstić information content (AvgIpc) is 3.37. The molecule has 3 rings (SSSR count). The van der Waals surface area contributed by atoms with E-state index >= 15 is 0 Å². The number of amides is 1. The zero-order chi connectivity index (χ0) is 24.1. The molecule has 12 heteroatoms. The van der Waals surface area contributed by atoms with Crippen LogP contribution in [0.15, 0.2) is 34.9 Å². The molecule has 0 spiro atoms. The van der Waals surface area contributed by atoms with Crippen molar-refractivity contribution < 1.29 is 28.6 Å². The van der Waals surface area contributed by atoms with Gasteiger partial charge in [0.15, 0.2) is 12.4 Å². The smallest absolute Gasteiger partial charge is 0.348 e. The molecule has 0 saturated carbocycles. The van der Waals surface area contributed by atoms with Gasteiger partial charge in [0.25, 0.3) is 5.91 Å². The number of aromatic nitrogens is 2. The van der Waals surface area contributed by atoms with Crippen molar-refractivity contribution in [2.75, 3.05) is 19.0 Å². The standard InChI is InChI=1S/C21H19BrClN3O6S/c1-4-31-21(29)17-11(2)16(20(28)30-3)19(33-17)24-18(27)14-7-8-26(25-14)10-32-15-6-5-12(23)9-13(15)22/h5-9H,4,10H2,1-3H3,(H,24,27). The molecule has 0 aliphatic carbocycles.